The molecule has 0 heterocycles. The van der Waals surface area contributed by atoms with Crippen molar-refractivity contribution in [2.45, 2.75) is 33.1 Å². The topological polar surface area (TPSA) is 49.7 Å². The molecule has 0 atom stereocenters. The van der Waals surface area contributed by atoms with Crippen molar-refractivity contribution in [1.29, 1.82) is 0 Å². The van der Waals surface area contributed by atoms with E-state index in [0.29, 0.717) is 0 Å². The molecule has 0 saturated heterocycles. The maximum absolute atomic E-state index is 7.68. The molecular weight excluding hydrogens is 130 g/mol. The van der Waals surface area contributed by atoms with Gasteiger partial charge in [0.1, 0.15) is 0 Å². The second kappa shape index (κ2) is 16.0. The fourth-order valence-corrected chi connectivity index (χ4v) is 0.394. The lowest BCUT2D eigenvalue weighted by atomic mass is 10.3. The van der Waals surface area contributed by atoms with Crippen molar-refractivity contribution < 1.29 is 14.6 Å². The normalized spacial score (nSPS) is 7.60. The van der Waals surface area contributed by atoms with Gasteiger partial charge in [-0.05, 0) is 0 Å². The Balaban J connectivity index is 0. The first-order valence-corrected chi connectivity index (χ1v) is 3.62. The first-order valence-electron chi connectivity index (χ1n) is 3.62. The van der Waals surface area contributed by atoms with Crippen molar-refractivity contribution in [3.05, 3.63) is 0 Å². The van der Waals surface area contributed by atoms with E-state index in [1.54, 1.807) is 0 Å². The summed E-state index contributed by atoms with van der Waals surface area (Å²) in [7, 11) is -0.812. The molecule has 0 rings (SSSR count). The van der Waals surface area contributed by atoms with Crippen LogP contribution in [0.25, 0.3) is 0 Å². The molecule has 0 aromatic rings. The zero-order valence-corrected chi connectivity index (χ0v) is 6.84. The van der Waals surface area contributed by atoms with Gasteiger partial charge in [-0.3, -0.25) is 0 Å². The molecule has 0 spiro atoms. The molecule has 0 unspecified atom stereocenters. The highest BCUT2D eigenvalue weighted by Crippen LogP contribution is 1.88. The van der Waals surface area contributed by atoms with Crippen molar-refractivity contribution in [3.63, 3.8) is 0 Å². The molecule has 0 aliphatic heterocycles. The molecule has 3 nitrogen and oxygen atoms in total. The molecule has 0 amide bonds. The molecule has 0 bridgehead atoms. The number of unbranched alkanes of at least 4 members (excludes halogenated alkanes) is 2. The third kappa shape index (κ3) is 24.5. The monoisotopic (exact) mass is 146 g/mol. The average molecular weight is 146 g/mol. The minimum absolute atomic E-state index is 0.406. The first kappa shape index (κ1) is 12.7. The Hall–Kier alpha value is 0.00987. The van der Waals surface area contributed by atoms with Gasteiger partial charge in [-0.25, -0.2) is 0 Å². The molecule has 2 N–H and O–H groups in total. The van der Waals surface area contributed by atoms with E-state index < -0.39 is 15.4 Å². The van der Waals surface area contributed by atoms with E-state index in [4.69, 9.17) is 10.0 Å². The van der Waals surface area contributed by atoms with Crippen molar-refractivity contribution in [1.82, 2.24) is 0 Å². The Bertz CT molecular complexity index is 35.9. The van der Waals surface area contributed by atoms with Crippen LogP contribution in [-0.4, -0.2) is 25.4 Å². The van der Waals surface area contributed by atoms with Crippen LogP contribution in [0.4, 0.5) is 0 Å². The summed E-state index contributed by atoms with van der Waals surface area (Å²) in [5, 5.41) is 15.4. The zero-order chi connectivity index (χ0) is 8.24. The van der Waals surface area contributed by atoms with Crippen LogP contribution < -0.4 is 0 Å². The van der Waals surface area contributed by atoms with Crippen molar-refractivity contribution in [3.8, 4) is 0 Å². The summed E-state index contributed by atoms with van der Waals surface area (Å²) in [6.45, 7) is 4.42. The van der Waals surface area contributed by atoms with E-state index in [9.17, 15) is 0 Å². The Kier molecular flexibility index (Phi) is 20.3. The van der Waals surface area contributed by atoms with Crippen LogP contribution in [0.5, 0.6) is 0 Å². The third-order valence-corrected chi connectivity index (χ3v) is 0.890. The van der Waals surface area contributed by atoms with Gasteiger partial charge in [0.15, 0.2) is 0 Å². The lowest BCUT2D eigenvalue weighted by Crippen LogP contribution is -2.00. The van der Waals surface area contributed by atoms with E-state index in [2.05, 4.69) is 18.4 Å². The van der Waals surface area contributed by atoms with Gasteiger partial charge >= 0.3 is 15.4 Å². The van der Waals surface area contributed by atoms with Gasteiger partial charge in [0, 0.05) is 0 Å². The number of hydrogen-bond acceptors (Lipinski definition) is 3. The average Bonchev–Trinajstić information content (AvgIpc) is 1.93. The molecule has 0 aliphatic carbocycles. The quantitative estimate of drug-likeness (QED) is 0.536. The van der Waals surface area contributed by atoms with Gasteiger partial charge in [-0.1, -0.05) is 33.1 Å². The molecule has 0 radical (unpaired) electrons. The highest BCUT2D eigenvalue weighted by atomic mass is 16.5. The number of rotatable bonds is 4. The summed E-state index contributed by atoms with van der Waals surface area (Å²) in [6.07, 6.45) is 4.08. The Morgan fingerprint density at radius 2 is 1.50 bits per heavy atom. The van der Waals surface area contributed by atoms with Crippen LogP contribution in [0, 0.1) is 0 Å². The smallest absolute Gasteiger partial charge is 0.421 e. The van der Waals surface area contributed by atoms with Gasteiger partial charge in [0.2, 0.25) is 0 Å². The first-order chi connectivity index (χ1) is 4.83. The van der Waals surface area contributed by atoms with E-state index in [0.717, 1.165) is 0 Å². The van der Waals surface area contributed by atoms with Crippen LogP contribution in [0.1, 0.15) is 33.1 Å². The van der Waals surface area contributed by atoms with Crippen LogP contribution in [0.15, 0.2) is 0 Å². The standard InChI is InChI=1S/C5H12.B2H4O3/c1-3-5-4-2;3-1-5-2-4/h3-5H2,1-2H3;1-4H. The molecule has 0 aromatic carbocycles. The van der Waals surface area contributed by atoms with E-state index in [1.165, 1.54) is 19.3 Å². The maximum atomic E-state index is 7.68. The van der Waals surface area contributed by atoms with Crippen molar-refractivity contribution in [2.75, 3.05) is 0 Å². The summed E-state index contributed by atoms with van der Waals surface area (Å²) in [5.41, 5.74) is 0. The summed E-state index contributed by atoms with van der Waals surface area (Å²) in [4.78, 5) is 0. The molecule has 0 aromatic heterocycles. The van der Waals surface area contributed by atoms with E-state index >= 15 is 0 Å². The van der Waals surface area contributed by atoms with Crippen molar-refractivity contribution in [2.24, 2.45) is 0 Å². The van der Waals surface area contributed by atoms with E-state index in [-0.39, 0.29) is 0 Å². The van der Waals surface area contributed by atoms with Crippen LogP contribution in [0.2, 0.25) is 0 Å². The fourth-order valence-electron chi connectivity index (χ4n) is 0.394. The van der Waals surface area contributed by atoms with Crippen molar-refractivity contribution >= 4 is 15.4 Å². The molecule has 0 aliphatic rings. The lowest BCUT2D eigenvalue weighted by molar-refractivity contribution is 0.408. The van der Waals surface area contributed by atoms with Gasteiger partial charge in [0.05, 0.1) is 0 Å². The molecule has 10 heavy (non-hydrogen) atoms. The van der Waals surface area contributed by atoms with Crippen LogP contribution >= 0.6 is 0 Å². The minimum atomic E-state index is -0.406. The Labute approximate surface area is 64.0 Å². The molecule has 0 fully saturated rings. The zero-order valence-electron chi connectivity index (χ0n) is 6.84. The summed E-state index contributed by atoms with van der Waals surface area (Å²) < 4.78 is 3.94. The molecular formula is C5H16B2O3. The van der Waals surface area contributed by atoms with Gasteiger partial charge in [-0.15, -0.1) is 0 Å². The highest BCUT2D eigenvalue weighted by Gasteiger charge is 1.77. The van der Waals surface area contributed by atoms with Gasteiger partial charge in [0.25, 0.3) is 0 Å². The van der Waals surface area contributed by atoms with Gasteiger partial charge in [-0.2, -0.15) is 0 Å². The second-order valence-electron chi connectivity index (χ2n) is 1.82. The Morgan fingerprint density at radius 1 is 1.10 bits per heavy atom. The summed E-state index contributed by atoms with van der Waals surface area (Å²) in [6, 6.07) is 0. The fraction of sp³-hybridized carbons (Fsp3) is 1.00. The highest BCUT2D eigenvalue weighted by molar-refractivity contribution is 6.32. The maximum Gasteiger partial charge on any atom is 0.421 e. The van der Waals surface area contributed by atoms with Crippen LogP contribution in [0.3, 0.4) is 0 Å². The predicted octanol–water partition coefficient (Wildman–Crippen LogP) is -0.283. The lowest BCUT2D eigenvalue weighted by Gasteiger charge is -1.80. The van der Waals surface area contributed by atoms with Gasteiger partial charge < -0.3 is 14.6 Å². The second-order valence-corrected chi connectivity index (χ2v) is 1.82. The molecule has 5 heteroatoms. The predicted molar refractivity (Wildman–Crippen MR) is 45.0 cm³/mol. The number of hydrogen-bond donors (Lipinski definition) is 2. The molecule has 60 valence electrons. The summed E-state index contributed by atoms with van der Waals surface area (Å²) in [5.74, 6) is 0. The minimum Gasteiger partial charge on any atom is -0.457 e. The third-order valence-electron chi connectivity index (χ3n) is 0.890. The van der Waals surface area contributed by atoms with E-state index in [1.807, 2.05) is 0 Å². The van der Waals surface area contributed by atoms with Crippen LogP contribution in [-0.2, 0) is 4.57 Å². The summed E-state index contributed by atoms with van der Waals surface area (Å²) >= 11 is 0. The molecule has 0 saturated carbocycles. The Morgan fingerprint density at radius 3 is 1.50 bits per heavy atom. The SMILES string of the molecule is CCCCC.OBOBO. The largest absolute Gasteiger partial charge is 0.457 e.